The summed E-state index contributed by atoms with van der Waals surface area (Å²) in [5, 5.41) is 0.454. The van der Waals surface area contributed by atoms with Gasteiger partial charge in [-0.05, 0) is 44.1 Å². The van der Waals surface area contributed by atoms with Gasteiger partial charge in [0, 0.05) is 0 Å². The molecule has 1 saturated carbocycles. The number of rotatable bonds is 2. The Morgan fingerprint density at radius 1 is 1.53 bits per heavy atom. The highest BCUT2D eigenvalue weighted by molar-refractivity contribution is 7.10. The first-order chi connectivity index (χ1) is 7.18. The third-order valence-corrected chi connectivity index (χ3v) is 3.44. The van der Waals surface area contributed by atoms with Crippen molar-refractivity contribution in [1.29, 1.82) is 0 Å². The summed E-state index contributed by atoms with van der Waals surface area (Å²) in [6.07, 6.45) is 4.32. The molecule has 1 heterocycles. The van der Waals surface area contributed by atoms with Crippen LogP contribution in [0.3, 0.4) is 0 Å². The third kappa shape index (κ3) is 2.12. The zero-order valence-corrected chi connectivity index (χ0v) is 9.47. The third-order valence-electron chi connectivity index (χ3n) is 2.67. The molecule has 0 amide bonds. The number of aryl methyl sites for hydroxylation is 1. The highest BCUT2D eigenvalue weighted by Gasteiger charge is 2.23. The molecule has 1 fully saturated rings. The van der Waals surface area contributed by atoms with Crippen LogP contribution < -0.4 is 5.73 Å². The Morgan fingerprint density at radius 2 is 2.20 bits per heavy atom. The van der Waals surface area contributed by atoms with E-state index in [9.17, 15) is 4.79 Å². The van der Waals surface area contributed by atoms with Crippen molar-refractivity contribution in [2.75, 3.05) is 5.73 Å². The van der Waals surface area contributed by atoms with Gasteiger partial charge >= 0.3 is 5.97 Å². The largest absolute Gasteiger partial charge is 0.459 e. The Balaban J connectivity index is 2.07. The van der Waals surface area contributed by atoms with Crippen LogP contribution in [0.25, 0.3) is 0 Å². The van der Waals surface area contributed by atoms with Crippen LogP contribution in [0.5, 0.6) is 0 Å². The van der Waals surface area contributed by atoms with E-state index in [1.54, 1.807) is 6.92 Å². The van der Waals surface area contributed by atoms with Crippen LogP contribution in [0.2, 0.25) is 0 Å². The predicted octanol–water partition coefficient (Wildman–Crippen LogP) is 2.13. The van der Waals surface area contributed by atoms with Crippen LogP contribution in [0.4, 0.5) is 5.00 Å². The average Bonchev–Trinajstić information content (AvgIpc) is 2.77. The summed E-state index contributed by atoms with van der Waals surface area (Å²) in [6.45, 7) is 1.78. The van der Waals surface area contributed by atoms with E-state index < -0.39 is 0 Å². The van der Waals surface area contributed by atoms with Crippen LogP contribution >= 0.6 is 11.5 Å². The Bertz CT molecular complexity index is 350. The van der Waals surface area contributed by atoms with E-state index >= 15 is 0 Å². The van der Waals surface area contributed by atoms with E-state index in [2.05, 4.69) is 4.37 Å². The van der Waals surface area contributed by atoms with Gasteiger partial charge in [0.25, 0.3) is 0 Å². The number of ether oxygens (including phenoxy) is 1. The van der Waals surface area contributed by atoms with Crippen molar-refractivity contribution in [3.05, 3.63) is 11.3 Å². The first-order valence-electron chi connectivity index (χ1n) is 5.11. The summed E-state index contributed by atoms with van der Waals surface area (Å²) in [5.41, 5.74) is 6.79. The lowest BCUT2D eigenvalue weighted by Gasteiger charge is -2.10. The molecule has 1 aliphatic rings. The van der Waals surface area contributed by atoms with E-state index in [1.807, 2.05) is 0 Å². The maximum atomic E-state index is 11.8. The number of carbonyl (C=O) groups excluding carboxylic acids is 1. The highest BCUT2D eigenvalue weighted by atomic mass is 32.1. The molecule has 82 valence electrons. The van der Waals surface area contributed by atoms with E-state index in [-0.39, 0.29) is 12.1 Å². The van der Waals surface area contributed by atoms with Crippen LogP contribution in [0.1, 0.15) is 41.7 Å². The van der Waals surface area contributed by atoms with Gasteiger partial charge in [0.2, 0.25) is 0 Å². The average molecular weight is 226 g/mol. The minimum atomic E-state index is -0.314. The molecule has 2 N–H and O–H groups in total. The zero-order valence-electron chi connectivity index (χ0n) is 8.66. The number of aromatic nitrogens is 1. The molecule has 0 aliphatic heterocycles. The smallest absolute Gasteiger partial charge is 0.343 e. The van der Waals surface area contributed by atoms with Gasteiger partial charge in [0.15, 0.2) is 0 Å². The summed E-state index contributed by atoms with van der Waals surface area (Å²) >= 11 is 1.14. The van der Waals surface area contributed by atoms with Gasteiger partial charge in [-0.2, -0.15) is 4.37 Å². The second-order valence-electron chi connectivity index (χ2n) is 3.82. The van der Waals surface area contributed by atoms with Crippen molar-refractivity contribution >= 4 is 22.5 Å². The van der Waals surface area contributed by atoms with E-state index in [0.717, 1.165) is 37.2 Å². The molecule has 1 aliphatic carbocycles. The summed E-state index contributed by atoms with van der Waals surface area (Å²) in [6, 6.07) is 0. The maximum Gasteiger partial charge on any atom is 0.343 e. The Labute approximate surface area is 92.6 Å². The van der Waals surface area contributed by atoms with Crippen molar-refractivity contribution in [3.63, 3.8) is 0 Å². The zero-order chi connectivity index (χ0) is 10.8. The van der Waals surface area contributed by atoms with Gasteiger partial charge in [-0.15, -0.1) is 0 Å². The first kappa shape index (κ1) is 10.4. The predicted molar refractivity (Wildman–Crippen MR) is 58.9 cm³/mol. The van der Waals surface area contributed by atoms with Crippen LogP contribution in [0.15, 0.2) is 0 Å². The molecule has 1 aromatic heterocycles. The van der Waals surface area contributed by atoms with Crippen molar-refractivity contribution in [2.24, 2.45) is 0 Å². The molecule has 0 radical (unpaired) electrons. The molecule has 0 saturated heterocycles. The SMILES string of the molecule is Cc1nsc(N)c1C(=O)OC1CCCC1. The van der Waals surface area contributed by atoms with Gasteiger partial charge in [0.1, 0.15) is 16.7 Å². The summed E-state index contributed by atoms with van der Waals surface area (Å²) in [5.74, 6) is -0.314. The summed E-state index contributed by atoms with van der Waals surface area (Å²) in [4.78, 5) is 11.8. The quantitative estimate of drug-likeness (QED) is 0.784. The van der Waals surface area contributed by atoms with Gasteiger partial charge < -0.3 is 10.5 Å². The Hall–Kier alpha value is -1.10. The lowest BCUT2D eigenvalue weighted by Crippen LogP contribution is -2.16. The first-order valence-corrected chi connectivity index (χ1v) is 5.88. The van der Waals surface area contributed by atoms with E-state index in [1.165, 1.54) is 0 Å². The number of nitrogens with two attached hydrogens (primary N) is 1. The highest BCUT2D eigenvalue weighted by Crippen LogP contribution is 2.26. The molecule has 0 aromatic carbocycles. The summed E-state index contributed by atoms with van der Waals surface area (Å²) in [7, 11) is 0. The van der Waals surface area contributed by atoms with Gasteiger partial charge in [0.05, 0.1) is 5.69 Å². The van der Waals surface area contributed by atoms with Crippen LogP contribution in [-0.4, -0.2) is 16.4 Å². The number of carbonyl (C=O) groups is 1. The van der Waals surface area contributed by atoms with E-state index in [4.69, 9.17) is 10.5 Å². The number of anilines is 1. The number of esters is 1. The molecule has 0 unspecified atom stereocenters. The second kappa shape index (κ2) is 4.18. The monoisotopic (exact) mass is 226 g/mol. The van der Waals surface area contributed by atoms with Crippen LogP contribution in [-0.2, 0) is 4.74 Å². The van der Waals surface area contributed by atoms with Gasteiger partial charge in [-0.3, -0.25) is 0 Å². The minimum absolute atomic E-state index is 0.0798. The van der Waals surface area contributed by atoms with Crippen LogP contribution in [0, 0.1) is 6.92 Å². The van der Waals surface area contributed by atoms with Crippen molar-refractivity contribution in [2.45, 2.75) is 38.7 Å². The number of hydrogen-bond acceptors (Lipinski definition) is 5. The molecule has 0 atom stereocenters. The second-order valence-corrected chi connectivity index (χ2v) is 4.62. The molecule has 0 spiro atoms. The molecule has 1 aromatic rings. The molecular formula is C10H14N2O2S. The number of nitrogens with zero attached hydrogens (tertiary/aromatic N) is 1. The van der Waals surface area contributed by atoms with Gasteiger partial charge in [-0.1, -0.05) is 0 Å². The fourth-order valence-corrected chi connectivity index (χ4v) is 2.50. The molecule has 0 bridgehead atoms. The van der Waals surface area contributed by atoms with E-state index in [0.29, 0.717) is 16.3 Å². The van der Waals surface area contributed by atoms with Crippen molar-refractivity contribution in [1.82, 2.24) is 4.37 Å². The van der Waals surface area contributed by atoms with Crippen molar-refractivity contribution in [3.8, 4) is 0 Å². The number of nitrogen functional groups attached to an aromatic ring is 1. The minimum Gasteiger partial charge on any atom is -0.459 e. The molecule has 5 heteroatoms. The maximum absolute atomic E-state index is 11.8. The fourth-order valence-electron chi connectivity index (χ4n) is 1.85. The summed E-state index contributed by atoms with van der Waals surface area (Å²) < 4.78 is 9.39. The van der Waals surface area contributed by atoms with Gasteiger partial charge in [-0.25, -0.2) is 4.79 Å². The lowest BCUT2D eigenvalue weighted by molar-refractivity contribution is 0.0318. The molecule has 4 nitrogen and oxygen atoms in total. The fraction of sp³-hybridized carbons (Fsp3) is 0.600. The lowest BCUT2D eigenvalue weighted by atomic mass is 10.2. The Kier molecular flexibility index (Phi) is 2.90. The number of hydrogen-bond donors (Lipinski definition) is 1. The molecular weight excluding hydrogens is 212 g/mol. The Morgan fingerprint density at radius 3 is 2.73 bits per heavy atom. The topological polar surface area (TPSA) is 65.2 Å². The van der Waals surface area contributed by atoms with Crippen molar-refractivity contribution < 1.29 is 9.53 Å². The normalized spacial score (nSPS) is 16.9. The molecule has 15 heavy (non-hydrogen) atoms. The standard InChI is InChI=1S/C10H14N2O2S/c1-6-8(9(11)15-12-6)10(13)14-7-4-2-3-5-7/h7H,2-5,11H2,1H3. The molecule has 2 rings (SSSR count).